The van der Waals surface area contributed by atoms with Gasteiger partial charge in [0.25, 0.3) is 0 Å². The van der Waals surface area contributed by atoms with Crippen LogP contribution >= 0.6 is 11.6 Å². The molecule has 0 saturated heterocycles. The first-order chi connectivity index (χ1) is 17.2. The number of hydrogen-bond donors (Lipinski definition) is 4. The van der Waals surface area contributed by atoms with Gasteiger partial charge in [0.15, 0.2) is 0 Å². The van der Waals surface area contributed by atoms with E-state index in [-0.39, 0.29) is 0 Å². The maximum Gasteiger partial charge on any atom is 0.233 e. The standard InChI is InChI=1S/C26H23ClN8/c27-19-12-11-18-15-22(17-30-23(18)16-19)28-13-14-29-24-33-25(31-20-7-3-1-4-8-20)35-26(34-24)32-21-9-5-2-6-10-21/h1-12,15-17,28H,13-14H2,(H3,29,31,32,33,34,35). The Bertz CT molecular complexity index is 1350. The van der Waals surface area contributed by atoms with Crippen molar-refractivity contribution in [1.82, 2.24) is 19.9 Å². The van der Waals surface area contributed by atoms with Crippen molar-refractivity contribution in [1.29, 1.82) is 0 Å². The highest BCUT2D eigenvalue weighted by molar-refractivity contribution is 6.31. The third-order valence-electron chi connectivity index (χ3n) is 5.08. The zero-order valence-corrected chi connectivity index (χ0v) is 19.5. The minimum Gasteiger partial charge on any atom is -0.382 e. The van der Waals surface area contributed by atoms with E-state index in [1.54, 1.807) is 6.20 Å². The van der Waals surface area contributed by atoms with Crippen LogP contribution in [0.3, 0.4) is 0 Å². The fraction of sp³-hybridized carbons (Fsp3) is 0.0769. The summed E-state index contributed by atoms with van der Waals surface area (Å²) >= 11 is 6.04. The summed E-state index contributed by atoms with van der Waals surface area (Å²) in [7, 11) is 0. The van der Waals surface area contributed by atoms with E-state index >= 15 is 0 Å². The summed E-state index contributed by atoms with van der Waals surface area (Å²) in [5.74, 6) is 1.35. The summed E-state index contributed by atoms with van der Waals surface area (Å²) in [6.07, 6.45) is 1.80. The zero-order chi connectivity index (χ0) is 23.9. The van der Waals surface area contributed by atoms with Gasteiger partial charge in [0, 0.05) is 34.9 Å². The first kappa shape index (κ1) is 22.4. The van der Waals surface area contributed by atoms with E-state index in [1.165, 1.54) is 0 Å². The lowest BCUT2D eigenvalue weighted by Crippen LogP contribution is -2.16. The summed E-state index contributed by atoms with van der Waals surface area (Å²) in [5.41, 5.74) is 3.57. The van der Waals surface area contributed by atoms with E-state index in [0.29, 0.717) is 36.0 Å². The normalized spacial score (nSPS) is 10.7. The molecule has 0 bridgehead atoms. The first-order valence-corrected chi connectivity index (χ1v) is 11.5. The molecule has 5 rings (SSSR count). The third-order valence-corrected chi connectivity index (χ3v) is 5.31. The van der Waals surface area contributed by atoms with Gasteiger partial charge < -0.3 is 21.3 Å². The van der Waals surface area contributed by atoms with E-state index < -0.39 is 0 Å². The number of rotatable bonds is 9. The van der Waals surface area contributed by atoms with Crippen LogP contribution in [0.1, 0.15) is 0 Å². The van der Waals surface area contributed by atoms with Crippen molar-refractivity contribution < 1.29 is 0 Å². The first-order valence-electron chi connectivity index (χ1n) is 11.1. The Kier molecular flexibility index (Phi) is 6.82. The second kappa shape index (κ2) is 10.7. The predicted molar refractivity (Wildman–Crippen MR) is 143 cm³/mol. The molecular formula is C26H23ClN8. The fourth-order valence-electron chi connectivity index (χ4n) is 3.44. The SMILES string of the molecule is Clc1ccc2cc(NCCNc3nc(Nc4ccccc4)nc(Nc4ccccc4)n3)cnc2c1. The Balaban J connectivity index is 1.26. The van der Waals surface area contributed by atoms with Gasteiger partial charge in [0.2, 0.25) is 17.8 Å². The maximum absolute atomic E-state index is 6.04. The summed E-state index contributed by atoms with van der Waals surface area (Å²) in [6.45, 7) is 1.24. The van der Waals surface area contributed by atoms with E-state index in [4.69, 9.17) is 11.6 Å². The monoisotopic (exact) mass is 482 g/mol. The van der Waals surface area contributed by atoms with Crippen LogP contribution in [0.5, 0.6) is 0 Å². The molecule has 0 fully saturated rings. The number of halogens is 1. The molecule has 35 heavy (non-hydrogen) atoms. The molecule has 174 valence electrons. The number of fused-ring (bicyclic) bond motifs is 1. The van der Waals surface area contributed by atoms with Gasteiger partial charge >= 0.3 is 0 Å². The average Bonchev–Trinajstić information content (AvgIpc) is 2.88. The summed E-state index contributed by atoms with van der Waals surface area (Å²) in [4.78, 5) is 18.0. The van der Waals surface area contributed by atoms with Crippen LogP contribution in [0.25, 0.3) is 10.9 Å². The predicted octanol–water partition coefficient (Wildman–Crippen LogP) is 6.08. The lowest BCUT2D eigenvalue weighted by atomic mass is 10.2. The Morgan fingerprint density at radius 2 is 1.20 bits per heavy atom. The van der Waals surface area contributed by atoms with Gasteiger partial charge in [-0.05, 0) is 42.5 Å². The van der Waals surface area contributed by atoms with Crippen molar-refractivity contribution in [2.45, 2.75) is 0 Å². The molecule has 4 N–H and O–H groups in total. The molecule has 0 saturated carbocycles. The number of benzene rings is 3. The number of aromatic nitrogens is 4. The molecule has 2 heterocycles. The van der Waals surface area contributed by atoms with Gasteiger partial charge in [-0.15, -0.1) is 0 Å². The van der Waals surface area contributed by atoms with Crippen LogP contribution in [-0.4, -0.2) is 33.0 Å². The minimum absolute atomic E-state index is 0.442. The quantitative estimate of drug-likeness (QED) is 0.187. The molecule has 0 radical (unpaired) electrons. The number of nitrogens with zero attached hydrogens (tertiary/aromatic N) is 4. The molecule has 0 amide bonds. The van der Waals surface area contributed by atoms with Crippen molar-refractivity contribution in [2.24, 2.45) is 0 Å². The van der Waals surface area contributed by atoms with E-state index in [2.05, 4.69) is 41.2 Å². The fourth-order valence-corrected chi connectivity index (χ4v) is 3.61. The van der Waals surface area contributed by atoms with E-state index in [1.807, 2.05) is 84.9 Å². The van der Waals surface area contributed by atoms with Gasteiger partial charge in [0.1, 0.15) is 0 Å². The van der Waals surface area contributed by atoms with Crippen molar-refractivity contribution in [2.75, 3.05) is 34.4 Å². The minimum atomic E-state index is 0.442. The average molecular weight is 483 g/mol. The molecule has 0 atom stereocenters. The van der Waals surface area contributed by atoms with Gasteiger partial charge in [-0.25, -0.2) is 0 Å². The Morgan fingerprint density at radius 1 is 0.600 bits per heavy atom. The molecule has 8 nitrogen and oxygen atoms in total. The molecule has 2 aromatic heterocycles. The number of nitrogens with one attached hydrogen (secondary N) is 4. The molecule has 5 aromatic rings. The van der Waals surface area contributed by atoms with Crippen molar-refractivity contribution in [3.8, 4) is 0 Å². The number of pyridine rings is 1. The van der Waals surface area contributed by atoms with Crippen molar-refractivity contribution in [3.05, 3.63) is 96.1 Å². The second-order valence-corrected chi connectivity index (χ2v) is 8.14. The number of para-hydroxylation sites is 2. The molecule has 3 aromatic carbocycles. The highest BCUT2D eigenvalue weighted by Crippen LogP contribution is 2.21. The molecule has 0 spiro atoms. The highest BCUT2D eigenvalue weighted by Gasteiger charge is 2.08. The largest absolute Gasteiger partial charge is 0.382 e. The Labute approximate surface area is 207 Å². The molecular weight excluding hydrogens is 460 g/mol. The van der Waals surface area contributed by atoms with Crippen molar-refractivity contribution in [3.63, 3.8) is 0 Å². The highest BCUT2D eigenvalue weighted by atomic mass is 35.5. The summed E-state index contributed by atoms with van der Waals surface area (Å²) in [5, 5.41) is 14.8. The molecule has 0 aliphatic heterocycles. The van der Waals surface area contributed by atoms with E-state index in [0.717, 1.165) is 28.0 Å². The smallest absolute Gasteiger partial charge is 0.233 e. The summed E-state index contributed by atoms with van der Waals surface area (Å²) < 4.78 is 0. The third kappa shape index (κ3) is 6.13. The lowest BCUT2D eigenvalue weighted by molar-refractivity contribution is 0.998. The van der Waals surface area contributed by atoms with Crippen LogP contribution < -0.4 is 21.3 Å². The van der Waals surface area contributed by atoms with Gasteiger partial charge in [-0.3, -0.25) is 4.98 Å². The second-order valence-electron chi connectivity index (χ2n) is 7.70. The molecule has 0 unspecified atom stereocenters. The van der Waals surface area contributed by atoms with E-state index in [9.17, 15) is 0 Å². The van der Waals surface area contributed by atoms with Crippen molar-refractivity contribution >= 4 is 57.4 Å². The Morgan fingerprint density at radius 3 is 1.86 bits per heavy atom. The van der Waals surface area contributed by atoms with Crippen LogP contribution in [0.4, 0.5) is 34.9 Å². The number of hydrogen-bond acceptors (Lipinski definition) is 8. The maximum atomic E-state index is 6.04. The summed E-state index contributed by atoms with van der Waals surface area (Å²) in [6, 6.07) is 27.3. The van der Waals surface area contributed by atoms with Gasteiger partial charge in [-0.1, -0.05) is 54.1 Å². The molecule has 0 aliphatic carbocycles. The number of anilines is 6. The Hall–Kier alpha value is -4.43. The van der Waals surface area contributed by atoms with Gasteiger partial charge in [-0.2, -0.15) is 15.0 Å². The van der Waals surface area contributed by atoms with Crippen LogP contribution in [0, 0.1) is 0 Å². The van der Waals surface area contributed by atoms with Crippen LogP contribution in [0.2, 0.25) is 5.02 Å². The topological polar surface area (TPSA) is 99.7 Å². The van der Waals surface area contributed by atoms with Crippen LogP contribution in [-0.2, 0) is 0 Å². The van der Waals surface area contributed by atoms with Gasteiger partial charge in [0.05, 0.1) is 17.4 Å². The molecule has 0 aliphatic rings. The lowest BCUT2D eigenvalue weighted by Gasteiger charge is -2.12. The zero-order valence-electron chi connectivity index (χ0n) is 18.7. The molecule has 9 heteroatoms. The van der Waals surface area contributed by atoms with Crippen LogP contribution in [0.15, 0.2) is 91.1 Å².